The second-order valence-electron chi connectivity index (χ2n) is 7.76. The zero-order valence-corrected chi connectivity index (χ0v) is 16.8. The van der Waals surface area contributed by atoms with Crippen LogP contribution in [-0.4, -0.2) is 106 Å². The highest BCUT2D eigenvalue weighted by Gasteiger charge is 2.31. The highest BCUT2D eigenvalue weighted by atomic mass is 32.1. The highest BCUT2D eigenvalue weighted by Crippen LogP contribution is 2.25. The van der Waals surface area contributed by atoms with E-state index in [-0.39, 0.29) is 11.8 Å². The van der Waals surface area contributed by atoms with Crippen molar-refractivity contribution in [1.82, 2.24) is 29.2 Å². The van der Waals surface area contributed by atoms with Crippen LogP contribution in [0.25, 0.3) is 0 Å². The summed E-state index contributed by atoms with van der Waals surface area (Å²) in [5.74, 6) is 0.242. The van der Waals surface area contributed by atoms with Crippen LogP contribution in [0.4, 0.5) is 0 Å². The molecule has 4 rings (SSSR count). The first-order valence-corrected chi connectivity index (χ1v) is 10.7. The molecule has 3 heterocycles. The molecule has 0 N–H and O–H groups in total. The van der Waals surface area contributed by atoms with Gasteiger partial charge in [0, 0.05) is 58.4 Å². The summed E-state index contributed by atoms with van der Waals surface area (Å²) in [7, 11) is 0. The van der Waals surface area contributed by atoms with Gasteiger partial charge < -0.3 is 9.80 Å². The summed E-state index contributed by atoms with van der Waals surface area (Å²) in [6, 6.07) is 0.769. The van der Waals surface area contributed by atoms with Crippen molar-refractivity contribution in [3.05, 3.63) is 10.6 Å². The number of aromatic nitrogens is 2. The predicted molar refractivity (Wildman–Crippen MR) is 103 cm³/mol. The van der Waals surface area contributed by atoms with E-state index in [0.29, 0.717) is 30.2 Å². The fourth-order valence-corrected chi connectivity index (χ4v) is 4.69. The molecule has 0 atom stereocenters. The maximum absolute atomic E-state index is 12.6. The lowest BCUT2D eigenvalue weighted by molar-refractivity contribution is -0.135. The zero-order chi connectivity index (χ0) is 18.8. The molecule has 1 aromatic rings. The van der Waals surface area contributed by atoms with Crippen molar-refractivity contribution >= 4 is 23.3 Å². The number of carbonyl (C=O) groups is 2. The topological polar surface area (TPSA) is 72.9 Å². The Hall–Kier alpha value is -1.58. The Kier molecular flexibility index (Phi) is 5.70. The third-order valence-electron chi connectivity index (χ3n) is 6.12. The van der Waals surface area contributed by atoms with Crippen LogP contribution in [-0.2, 0) is 4.79 Å². The number of aryl methyl sites for hydroxylation is 1. The van der Waals surface area contributed by atoms with Gasteiger partial charge in [0.25, 0.3) is 5.91 Å². The standard InChI is InChI=1S/C18H28N6O2S/c1-14-17(27-20-19-14)18(26)24-7-5-21(6-8-24)13-16(25)23-11-9-22(10-12-23)15-3-2-4-15/h15H,2-13H2,1H3. The van der Waals surface area contributed by atoms with Crippen LogP contribution >= 0.6 is 11.5 Å². The van der Waals surface area contributed by atoms with Crippen molar-refractivity contribution in [2.75, 3.05) is 58.9 Å². The van der Waals surface area contributed by atoms with Gasteiger partial charge in [-0.3, -0.25) is 19.4 Å². The molecule has 2 amide bonds. The minimum absolute atomic E-state index is 0.0144. The van der Waals surface area contributed by atoms with E-state index in [9.17, 15) is 9.59 Å². The number of carbonyl (C=O) groups excluding carboxylic acids is 2. The third-order valence-corrected chi connectivity index (χ3v) is 6.94. The van der Waals surface area contributed by atoms with Crippen molar-refractivity contribution in [2.45, 2.75) is 32.2 Å². The minimum Gasteiger partial charge on any atom is -0.339 e. The van der Waals surface area contributed by atoms with E-state index in [1.54, 1.807) is 0 Å². The number of hydrogen-bond donors (Lipinski definition) is 0. The maximum Gasteiger partial charge on any atom is 0.267 e. The van der Waals surface area contributed by atoms with E-state index in [1.165, 1.54) is 19.3 Å². The first kappa shape index (κ1) is 18.8. The minimum atomic E-state index is 0.0144. The average Bonchev–Trinajstić information content (AvgIpc) is 3.07. The van der Waals surface area contributed by atoms with Crippen LogP contribution < -0.4 is 0 Å². The van der Waals surface area contributed by atoms with Crippen LogP contribution in [0.1, 0.15) is 34.6 Å². The molecule has 0 spiro atoms. The molecule has 1 aromatic heterocycles. The number of rotatable bonds is 4. The summed E-state index contributed by atoms with van der Waals surface area (Å²) >= 11 is 1.16. The molecule has 2 saturated heterocycles. The van der Waals surface area contributed by atoms with Gasteiger partial charge in [-0.1, -0.05) is 10.9 Å². The van der Waals surface area contributed by atoms with Gasteiger partial charge in [0.1, 0.15) is 4.88 Å². The SMILES string of the molecule is Cc1nnsc1C(=O)N1CCN(CC(=O)N2CCN(C3CCC3)CC2)CC1. The number of amides is 2. The second kappa shape index (κ2) is 8.20. The van der Waals surface area contributed by atoms with E-state index in [4.69, 9.17) is 0 Å². The Bertz CT molecular complexity index is 675. The Labute approximate surface area is 164 Å². The summed E-state index contributed by atoms with van der Waals surface area (Å²) in [5, 5.41) is 3.92. The lowest BCUT2D eigenvalue weighted by atomic mass is 9.91. The number of nitrogens with zero attached hydrogens (tertiary/aromatic N) is 6. The Morgan fingerprint density at radius 1 is 1.00 bits per heavy atom. The third kappa shape index (κ3) is 4.14. The molecule has 0 bridgehead atoms. The fourth-order valence-electron chi connectivity index (χ4n) is 4.06. The summed E-state index contributed by atoms with van der Waals surface area (Å²) in [5.41, 5.74) is 0.698. The van der Waals surface area contributed by atoms with Crippen LogP contribution in [0.15, 0.2) is 0 Å². The van der Waals surface area contributed by atoms with Crippen molar-refractivity contribution in [3.63, 3.8) is 0 Å². The lowest BCUT2D eigenvalue weighted by Crippen LogP contribution is -2.56. The quantitative estimate of drug-likeness (QED) is 0.734. The molecule has 3 aliphatic rings. The molecule has 0 unspecified atom stereocenters. The fraction of sp³-hybridized carbons (Fsp3) is 0.778. The van der Waals surface area contributed by atoms with Gasteiger partial charge in [0.2, 0.25) is 5.91 Å². The predicted octanol–water partition coefficient (Wildman–Crippen LogP) is 0.301. The Morgan fingerprint density at radius 3 is 2.22 bits per heavy atom. The van der Waals surface area contributed by atoms with Crippen LogP contribution in [0.5, 0.6) is 0 Å². The van der Waals surface area contributed by atoms with Crippen LogP contribution in [0, 0.1) is 6.92 Å². The summed E-state index contributed by atoms with van der Waals surface area (Å²) < 4.78 is 3.85. The van der Waals surface area contributed by atoms with Gasteiger partial charge in [-0.2, -0.15) is 0 Å². The van der Waals surface area contributed by atoms with Gasteiger partial charge in [0.15, 0.2) is 0 Å². The van der Waals surface area contributed by atoms with E-state index in [0.717, 1.165) is 56.8 Å². The molecule has 9 heteroatoms. The van der Waals surface area contributed by atoms with Gasteiger partial charge in [-0.05, 0) is 31.3 Å². The second-order valence-corrected chi connectivity index (χ2v) is 8.51. The number of hydrogen-bond acceptors (Lipinski definition) is 7. The molecule has 3 fully saturated rings. The summed E-state index contributed by atoms with van der Waals surface area (Å²) in [6.07, 6.45) is 4.01. The van der Waals surface area contributed by atoms with Crippen LogP contribution in [0.2, 0.25) is 0 Å². The van der Waals surface area contributed by atoms with Crippen molar-refractivity contribution < 1.29 is 9.59 Å². The average molecular weight is 393 g/mol. The number of piperazine rings is 2. The molecule has 27 heavy (non-hydrogen) atoms. The van der Waals surface area contributed by atoms with Crippen molar-refractivity contribution in [3.8, 4) is 0 Å². The molecule has 2 aliphatic heterocycles. The zero-order valence-electron chi connectivity index (χ0n) is 16.0. The monoisotopic (exact) mass is 392 g/mol. The van der Waals surface area contributed by atoms with Crippen molar-refractivity contribution in [1.29, 1.82) is 0 Å². The summed E-state index contributed by atoms with van der Waals surface area (Å²) in [6.45, 7) is 8.80. The van der Waals surface area contributed by atoms with Gasteiger partial charge in [-0.25, -0.2) is 0 Å². The van der Waals surface area contributed by atoms with E-state index >= 15 is 0 Å². The molecular weight excluding hydrogens is 364 g/mol. The Morgan fingerprint density at radius 2 is 1.67 bits per heavy atom. The van der Waals surface area contributed by atoms with Crippen LogP contribution in [0.3, 0.4) is 0 Å². The maximum atomic E-state index is 12.6. The molecule has 0 radical (unpaired) electrons. The Balaban J connectivity index is 1.20. The largest absolute Gasteiger partial charge is 0.339 e. The van der Waals surface area contributed by atoms with E-state index < -0.39 is 0 Å². The smallest absolute Gasteiger partial charge is 0.267 e. The molecular formula is C18H28N6O2S. The van der Waals surface area contributed by atoms with E-state index in [2.05, 4.69) is 19.4 Å². The molecule has 0 aromatic carbocycles. The van der Waals surface area contributed by atoms with Gasteiger partial charge >= 0.3 is 0 Å². The lowest BCUT2D eigenvalue weighted by Gasteiger charge is -2.43. The van der Waals surface area contributed by atoms with Gasteiger partial charge in [-0.15, -0.1) is 5.10 Å². The summed E-state index contributed by atoms with van der Waals surface area (Å²) in [4.78, 5) is 34.4. The van der Waals surface area contributed by atoms with Crippen molar-refractivity contribution in [2.24, 2.45) is 0 Å². The van der Waals surface area contributed by atoms with E-state index in [1.807, 2.05) is 16.7 Å². The molecule has 1 saturated carbocycles. The normalized spacial score (nSPS) is 22.7. The molecule has 148 valence electrons. The van der Waals surface area contributed by atoms with Gasteiger partial charge in [0.05, 0.1) is 12.2 Å². The first-order valence-electron chi connectivity index (χ1n) is 9.94. The molecule has 1 aliphatic carbocycles. The molecule has 8 nitrogen and oxygen atoms in total. The first-order chi connectivity index (χ1) is 13.1. The highest BCUT2D eigenvalue weighted by molar-refractivity contribution is 7.07.